The highest BCUT2D eigenvalue weighted by molar-refractivity contribution is 6.03. The van der Waals surface area contributed by atoms with E-state index in [1.807, 2.05) is 61.5 Å². The van der Waals surface area contributed by atoms with Crippen LogP contribution in [-0.2, 0) is 11.3 Å². The van der Waals surface area contributed by atoms with Crippen molar-refractivity contribution in [2.24, 2.45) is 0 Å². The molecule has 6 nitrogen and oxygen atoms in total. The van der Waals surface area contributed by atoms with Crippen LogP contribution in [0.3, 0.4) is 0 Å². The number of nitriles is 1. The number of anilines is 1. The third kappa shape index (κ3) is 3.73. The summed E-state index contributed by atoms with van der Waals surface area (Å²) in [5.41, 5.74) is 3.56. The minimum absolute atomic E-state index is 0.0542. The molecule has 0 aliphatic rings. The van der Waals surface area contributed by atoms with Gasteiger partial charge in [0.2, 0.25) is 0 Å². The SMILES string of the molecule is CN(C)c1cccc(CNC(=O)/C(C#N)=C/c2c[nH]c3ncccc23)c1. The van der Waals surface area contributed by atoms with Gasteiger partial charge in [0, 0.05) is 49.7 Å². The summed E-state index contributed by atoms with van der Waals surface area (Å²) in [6.07, 6.45) is 5.00. The zero-order valence-electron chi connectivity index (χ0n) is 14.7. The highest BCUT2D eigenvalue weighted by Gasteiger charge is 2.11. The number of rotatable bonds is 5. The molecule has 0 spiro atoms. The Labute approximate surface area is 151 Å². The van der Waals surface area contributed by atoms with Gasteiger partial charge < -0.3 is 15.2 Å². The normalized spacial score (nSPS) is 11.2. The van der Waals surface area contributed by atoms with Gasteiger partial charge in [-0.25, -0.2) is 4.98 Å². The van der Waals surface area contributed by atoms with Crippen LogP contribution in [0.25, 0.3) is 17.1 Å². The Bertz CT molecular complexity index is 1010. The van der Waals surface area contributed by atoms with E-state index < -0.39 is 5.91 Å². The number of aromatic nitrogens is 2. The number of nitrogens with one attached hydrogen (secondary N) is 2. The van der Waals surface area contributed by atoms with Crippen LogP contribution in [0.2, 0.25) is 0 Å². The average Bonchev–Trinajstić information content (AvgIpc) is 3.07. The fourth-order valence-corrected chi connectivity index (χ4v) is 2.62. The van der Waals surface area contributed by atoms with Crippen molar-refractivity contribution in [2.75, 3.05) is 19.0 Å². The molecular formula is C20H19N5O. The van der Waals surface area contributed by atoms with Gasteiger partial charge in [-0.2, -0.15) is 5.26 Å². The molecule has 1 amide bonds. The molecule has 0 bridgehead atoms. The first-order chi connectivity index (χ1) is 12.6. The van der Waals surface area contributed by atoms with Gasteiger partial charge in [-0.1, -0.05) is 12.1 Å². The van der Waals surface area contributed by atoms with Crippen molar-refractivity contribution < 1.29 is 4.79 Å². The summed E-state index contributed by atoms with van der Waals surface area (Å²) >= 11 is 0. The minimum atomic E-state index is -0.402. The number of carbonyl (C=O) groups is 1. The molecule has 1 aromatic carbocycles. The first kappa shape index (κ1) is 17.2. The summed E-state index contributed by atoms with van der Waals surface area (Å²) < 4.78 is 0. The van der Waals surface area contributed by atoms with E-state index in [1.54, 1.807) is 18.5 Å². The average molecular weight is 345 g/mol. The van der Waals surface area contributed by atoms with Gasteiger partial charge in [0.05, 0.1) is 0 Å². The molecule has 2 heterocycles. The standard InChI is InChI=1S/C20H19N5O/c1-25(2)17-6-3-5-14(9-17)12-24-20(26)15(11-21)10-16-13-23-19-18(16)7-4-8-22-19/h3-10,13H,12H2,1-2H3,(H,22,23)(H,24,26)/b15-10+. The van der Waals surface area contributed by atoms with Crippen molar-refractivity contribution in [1.29, 1.82) is 5.26 Å². The lowest BCUT2D eigenvalue weighted by atomic mass is 10.1. The quantitative estimate of drug-likeness (QED) is 0.550. The molecule has 0 saturated carbocycles. The lowest BCUT2D eigenvalue weighted by molar-refractivity contribution is -0.117. The predicted octanol–water partition coefficient (Wildman–Crippen LogP) is 2.85. The van der Waals surface area contributed by atoms with Crippen LogP contribution in [0.1, 0.15) is 11.1 Å². The fraction of sp³-hybridized carbons (Fsp3) is 0.150. The summed E-state index contributed by atoms with van der Waals surface area (Å²) in [4.78, 5) is 21.6. The highest BCUT2D eigenvalue weighted by atomic mass is 16.1. The van der Waals surface area contributed by atoms with Crippen molar-refractivity contribution in [2.45, 2.75) is 6.54 Å². The van der Waals surface area contributed by atoms with Gasteiger partial charge in [-0.05, 0) is 35.9 Å². The molecular weight excluding hydrogens is 326 g/mol. The van der Waals surface area contributed by atoms with Crippen LogP contribution >= 0.6 is 0 Å². The zero-order chi connectivity index (χ0) is 18.5. The summed E-state index contributed by atoms with van der Waals surface area (Å²) in [5.74, 6) is -0.402. The van der Waals surface area contributed by atoms with E-state index in [1.165, 1.54) is 0 Å². The molecule has 0 aliphatic carbocycles. The predicted molar refractivity (Wildman–Crippen MR) is 102 cm³/mol. The number of hydrogen-bond acceptors (Lipinski definition) is 4. The first-order valence-corrected chi connectivity index (χ1v) is 8.17. The van der Waals surface area contributed by atoms with Crippen molar-refractivity contribution in [3.05, 3.63) is 65.5 Å². The highest BCUT2D eigenvalue weighted by Crippen LogP contribution is 2.19. The number of fused-ring (bicyclic) bond motifs is 1. The largest absolute Gasteiger partial charge is 0.378 e. The third-order valence-electron chi connectivity index (χ3n) is 4.03. The van der Waals surface area contributed by atoms with Gasteiger partial charge in [0.1, 0.15) is 17.3 Å². The number of amides is 1. The van der Waals surface area contributed by atoms with Crippen LogP contribution in [0.4, 0.5) is 5.69 Å². The van der Waals surface area contributed by atoms with Gasteiger partial charge in [0.25, 0.3) is 5.91 Å². The van der Waals surface area contributed by atoms with Crippen molar-refractivity contribution in [3.63, 3.8) is 0 Å². The Hall–Kier alpha value is -3.59. The zero-order valence-corrected chi connectivity index (χ0v) is 14.7. The maximum Gasteiger partial charge on any atom is 0.262 e. The number of aromatic amines is 1. The van der Waals surface area contributed by atoms with Gasteiger partial charge in [-0.15, -0.1) is 0 Å². The van der Waals surface area contributed by atoms with Crippen LogP contribution < -0.4 is 10.2 Å². The molecule has 26 heavy (non-hydrogen) atoms. The molecule has 0 atom stereocenters. The van der Waals surface area contributed by atoms with E-state index in [-0.39, 0.29) is 5.57 Å². The Balaban J connectivity index is 1.75. The molecule has 0 saturated heterocycles. The summed E-state index contributed by atoms with van der Waals surface area (Å²) in [6, 6.07) is 13.6. The van der Waals surface area contributed by atoms with Crippen molar-refractivity contribution in [1.82, 2.24) is 15.3 Å². The molecule has 2 N–H and O–H groups in total. The second-order valence-electron chi connectivity index (χ2n) is 6.06. The second kappa shape index (κ2) is 7.53. The number of H-pyrrole nitrogens is 1. The monoisotopic (exact) mass is 345 g/mol. The van der Waals surface area contributed by atoms with Gasteiger partial charge in [0.15, 0.2) is 0 Å². The minimum Gasteiger partial charge on any atom is -0.378 e. The maximum atomic E-state index is 12.4. The lowest BCUT2D eigenvalue weighted by Gasteiger charge is -2.13. The van der Waals surface area contributed by atoms with E-state index in [9.17, 15) is 10.1 Å². The van der Waals surface area contributed by atoms with E-state index in [4.69, 9.17) is 0 Å². The van der Waals surface area contributed by atoms with Crippen molar-refractivity contribution >= 4 is 28.7 Å². The van der Waals surface area contributed by atoms with Crippen LogP contribution in [-0.4, -0.2) is 30.0 Å². The van der Waals surface area contributed by atoms with E-state index in [2.05, 4.69) is 15.3 Å². The molecule has 0 radical (unpaired) electrons. The van der Waals surface area contributed by atoms with E-state index in [0.717, 1.165) is 27.8 Å². The fourth-order valence-electron chi connectivity index (χ4n) is 2.62. The van der Waals surface area contributed by atoms with Crippen LogP contribution in [0, 0.1) is 11.3 Å². The summed E-state index contributed by atoms with van der Waals surface area (Å²) in [6.45, 7) is 0.356. The number of pyridine rings is 1. The van der Waals surface area contributed by atoms with E-state index in [0.29, 0.717) is 6.54 Å². The summed E-state index contributed by atoms with van der Waals surface area (Å²) in [7, 11) is 3.93. The molecule has 2 aromatic heterocycles. The Morgan fingerprint density at radius 2 is 2.19 bits per heavy atom. The molecule has 3 rings (SSSR count). The Morgan fingerprint density at radius 3 is 2.96 bits per heavy atom. The molecule has 0 aliphatic heterocycles. The number of hydrogen-bond donors (Lipinski definition) is 2. The van der Waals surface area contributed by atoms with Crippen LogP contribution in [0.15, 0.2) is 54.4 Å². The van der Waals surface area contributed by atoms with Gasteiger partial charge in [-0.3, -0.25) is 4.79 Å². The second-order valence-corrected chi connectivity index (χ2v) is 6.06. The third-order valence-corrected chi connectivity index (χ3v) is 4.03. The molecule has 130 valence electrons. The number of nitrogens with zero attached hydrogens (tertiary/aromatic N) is 3. The molecule has 0 fully saturated rings. The smallest absolute Gasteiger partial charge is 0.262 e. The van der Waals surface area contributed by atoms with Crippen molar-refractivity contribution in [3.8, 4) is 6.07 Å². The van der Waals surface area contributed by atoms with Gasteiger partial charge >= 0.3 is 0 Å². The first-order valence-electron chi connectivity index (χ1n) is 8.17. The van der Waals surface area contributed by atoms with Crippen LogP contribution in [0.5, 0.6) is 0 Å². The van der Waals surface area contributed by atoms with E-state index >= 15 is 0 Å². The number of carbonyl (C=O) groups excluding carboxylic acids is 1. The molecule has 6 heteroatoms. The maximum absolute atomic E-state index is 12.4. The topological polar surface area (TPSA) is 84.8 Å². The Morgan fingerprint density at radius 1 is 1.35 bits per heavy atom. The lowest BCUT2D eigenvalue weighted by Crippen LogP contribution is -2.24. The Kier molecular flexibility index (Phi) is 4.99. The molecule has 0 unspecified atom stereocenters. The number of benzene rings is 1. The molecule has 3 aromatic rings. The summed E-state index contributed by atoms with van der Waals surface area (Å²) in [5, 5.41) is 13.0.